The second-order valence-electron chi connectivity index (χ2n) is 9.37. The largest absolute Gasteiger partial charge is 0.355 e. The first kappa shape index (κ1) is 29.0. The molecule has 4 rings (SSSR count). The molecule has 0 aliphatic rings. The number of aromatic nitrogens is 1. The van der Waals surface area contributed by atoms with Crippen LogP contribution in [-0.2, 0) is 11.3 Å². The van der Waals surface area contributed by atoms with Gasteiger partial charge in [0.1, 0.15) is 17.3 Å². The van der Waals surface area contributed by atoms with E-state index in [1.54, 1.807) is 44.3 Å². The van der Waals surface area contributed by atoms with Gasteiger partial charge in [-0.3, -0.25) is 19.2 Å². The number of rotatable bonds is 9. The Labute approximate surface area is 235 Å². The van der Waals surface area contributed by atoms with Crippen molar-refractivity contribution in [1.29, 1.82) is 0 Å². The molecule has 0 aliphatic heterocycles. The lowest BCUT2D eigenvalue weighted by molar-refractivity contribution is -0.117. The number of pyridine rings is 1. The SMILES string of the molecule is CNC(=O)c1cccc(-c2ccc(NC(=O)C(C)NC)c(=O)n2Cc2cc(F)cc(C(=O)c3ccc(F)cc3)c2)c1. The number of hydrogen-bond donors (Lipinski definition) is 3. The molecule has 10 heteroatoms. The Morgan fingerprint density at radius 3 is 2.24 bits per heavy atom. The number of amides is 2. The highest BCUT2D eigenvalue weighted by atomic mass is 19.1. The third kappa shape index (κ3) is 6.62. The Kier molecular flexibility index (Phi) is 8.84. The number of nitrogens with one attached hydrogen (secondary N) is 3. The summed E-state index contributed by atoms with van der Waals surface area (Å²) in [5.74, 6) is -2.47. The van der Waals surface area contributed by atoms with Crippen molar-refractivity contribution in [3.05, 3.63) is 123 Å². The first-order chi connectivity index (χ1) is 19.6. The van der Waals surface area contributed by atoms with Gasteiger partial charge in [0.2, 0.25) is 5.91 Å². The average Bonchev–Trinajstić information content (AvgIpc) is 2.98. The van der Waals surface area contributed by atoms with Gasteiger partial charge in [-0.15, -0.1) is 0 Å². The summed E-state index contributed by atoms with van der Waals surface area (Å²) >= 11 is 0. The summed E-state index contributed by atoms with van der Waals surface area (Å²) in [5.41, 5.74) is 1.23. The highest BCUT2D eigenvalue weighted by molar-refractivity contribution is 6.09. The monoisotopic (exact) mass is 558 g/mol. The summed E-state index contributed by atoms with van der Waals surface area (Å²) < 4.78 is 29.4. The summed E-state index contributed by atoms with van der Waals surface area (Å²) in [6.07, 6.45) is 0. The van der Waals surface area contributed by atoms with Gasteiger partial charge in [0, 0.05) is 23.7 Å². The Hall–Kier alpha value is -4.96. The first-order valence-electron chi connectivity index (χ1n) is 12.8. The van der Waals surface area contributed by atoms with E-state index in [-0.39, 0.29) is 29.3 Å². The standard InChI is InChI=1S/C31H28F2N4O4/c1-18(34-2)29(39)36-26-11-12-27(21-5-4-6-22(15-21)30(40)35-3)37(31(26)41)17-19-13-23(16-25(33)14-19)28(38)20-7-9-24(32)10-8-20/h4-16,18,34H,17H2,1-3H3,(H,35,40)(H,36,39). The number of likely N-dealkylation sites (N-methyl/N-ethyl adjacent to an activating group) is 1. The molecule has 2 amide bonds. The smallest absolute Gasteiger partial charge is 0.275 e. The Bertz CT molecular complexity index is 1680. The zero-order valence-corrected chi connectivity index (χ0v) is 22.6. The molecule has 3 aromatic carbocycles. The van der Waals surface area contributed by atoms with Gasteiger partial charge in [-0.1, -0.05) is 12.1 Å². The van der Waals surface area contributed by atoms with Crippen molar-refractivity contribution in [2.75, 3.05) is 19.4 Å². The molecule has 0 spiro atoms. The number of ketones is 1. The van der Waals surface area contributed by atoms with Crippen LogP contribution in [-0.4, -0.2) is 42.3 Å². The molecule has 1 heterocycles. The van der Waals surface area contributed by atoms with E-state index in [0.717, 1.165) is 18.2 Å². The zero-order valence-electron chi connectivity index (χ0n) is 22.6. The van der Waals surface area contributed by atoms with E-state index in [2.05, 4.69) is 16.0 Å². The van der Waals surface area contributed by atoms with Crippen molar-refractivity contribution in [2.24, 2.45) is 0 Å². The molecule has 1 atom stereocenters. The minimum atomic E-state index is -0.698. The molecule has 3 N–H and O–H groups in total. The van der Waals surface area contributed by atoms with Crippen LogP contribution in [0.4, 0.5) is 14.5 Å². The number of halogens is 2. The minimum absolute atomic E-state index is 0.00215. The predicted molar refractivity (Wildman–Crippen MR) is 152 cm³/mol. The molecular weight excluding hydrogens is 530 g/mol. The van der Waals surface area contributed by atoms with Gasteiger partial charge < -0.3 is 20.5 Å². The summed E-state index contributed by atoms with van der Waals surface area (Å²) in [7, 11) is 3.11. The van der Waals surface area contributed by atoms with E-state index in [0.29, 0.717) is 22.4 Å². The van der Waals surface area contributed by atoms with Gasteiger partial charge >= 0.3 is 0 Å². The van der Waals surface area contributed by atoms with Crippen LogP contribution in [0.15, 0.2) is 83.7 Å². The highest BCUT2D eigenvalue weighted by Gasteiger charge is 2.18. The number of carbonyl (C=O) groups excluding carboxylic acids is 3. The minimum Gasteiger partial charge on any atom is -0.355 e. The van der Waals surface area contributed by atoms with Crippen LogP contribution < -0.4 is 21.5 Å². The van der Waals surface area contributed by atoms with Gasteiger partial charge in [-0.05, 0) is 91.8 Å². The van der Waals surface area contributed by atoms with Crippen LogP contribution in [0.25, 0.3) is 11.3 Å². The molecule has 0 radical (unpaired) electrons. The number of nitrogens with zero attached hydrogens (tertiary/aromatic N) is 1. The molecular formula is C31H28F2N4O4. The van der Waals surface area contributed by atoms with E-state index >= 15 is 0 Å². The molecule has 1 aromatic heterocycles. The average molecular weight is 559 g/mol. The van der Waals surface area contributed by atoms with Crippen molar-refractivity contribution in [1.82, 2.24) is 15.2 Å². The van der Waals surface area contributed by atoms with E-state index in [4.69, 9.17) is 0 Å². The fraction of sp³-hybridized carbons (Fsp3) is 0.161. The normalized spacial score (nSPS) is 11.5. The van der Waals surface area contributed by atoms with Crippen molar-refractivity contribution >= 4 is 23.3 Å². The Morgan fingerprint density at radius 2 is 1.56 bits per heavy atom. The summed E-state index contributed by atoms with van der Waals surface area (Å²) in [6.45, 7) is 1.48. The van der Waals surface area contributed by atoms with Crippen LogP contribution >= 0.6 is 0 Å². The number of hydrogen-bond acceptors (Lipinski definition) is 5. The molecule has 1 unspecified atom stereocenters. The van der Waals surface area contributed by atoms with Crippen LogP contribution in [0, 0.1) is 11.6 Å². The lowest BCUT2D eigenvalue weighted by Gasteiger charge is -2.17. The van der Waals surface area contributed by atoms with Crippen molar-refractivity contribution in [3.63, 3.8) is 0 Å². The first-order valence-corrected chi connectivity index (χ1v) is 12.8. The maximum absolute atomic E-state index is 14.7. The van der Waals surface area contributed by atoms with Crippen molar-refractivity contribution in [3.8, 4) is 11.3 Å². The fourth-order valence-corrected chi connectivity index (χ4v) is 4.24. The maximum atomic E-state index is 14.7. The second-order valence-corrected chi connectivity index (χ2v) is 9.37. The topological polar surface area (TPSA) is 109 Å². The zero-order chi connectivity index (χ0) is 29.7. The van der Waals surface area contributed by atoms with Gasteiger partial charge in [0.25, 0.3) is 11.5 Å². The second kappa shape index (κ2) is 12.5. The molecule has 0 saturated heterocycles. The van der Waals surface area contributed by atoms with E-state index in [9.17, 15) is 28.0 Å². The van der Waals surface area contributed by atoms with Crippen LogP contribution in [0.3, 0.4) is 0 Å². The number of carbonyl (C=O) groups is 3. The van der Waals surface area contributed by atoms with Crippen molar-refractivity contribution < 1.29 is 23.2 Å². The highest BCUT2D eigenvalue weighted by Crippen LogP contribution is 2.23. The molecule has 0 fully saturated rings. The van der Waals surface area contributed by atoms with Crippen LogP contribution in [0.2, 0.25) is 0 Å². The third-order valence-corrected chi connectivity index (χ3v) is 6.57. The lowest BCUT2D eigenvalue weighted by atomic mass is 10.0. The molecule has 4 aromatic rings. The number of benzene rings is 3. The van der Waals surface area contributed by atoms with Gasteiger partial charge in [-0.25, -0.2) is 8.78 Å². The Balaban J connectivity index is 1.81. The molecule has 0 aliphatic carbocycles. The maximum Gasteiger partial charge on any atom is 0.275 e. The van der Waals surface area contributed by atoms with E-state index in [1.807, 2.05) is 0 Å². The van der Waals surface area contributed by atoms with Gasteiger partial charge in [-0.2, -0.15) is 0 Å². The Morgan fingerprint density at radius 1 is 0.829 bits per heavy atom. The van der Waals surface area contributed by atoms with Crippen LogP contribution in [0.5, 0.6) is 0 Å². The van der Waals surface area contributed by atoms with E-state index in [1.165, 1.54) is 41.9 Å². The fourth-order valence-electron chi connectivity index (χ4n) is 4.24. The summed E-state index contributed by atoms with van der Waals surface area (Å²) in [5, 5.41) is 7.98. The van der Waals surface area contributed by atoms with Gasteiger partial charge in [0.15, 0.2) is 5.78 Å². The lowest BCUT2D eigenvalue weighted by Crippen LogP contribution is -2.37. The number of anilines is 1. The van der Waals surface area contributed by atoms with Gasteiger partial charge in [0.05, 0.1) is 18.3 Å². The van der Waals surface area contributed by atoms with Crippen LogP contribution in [0.1, 0.15) is 38.8 Å². The third-order valence-electron chi connectivity index (χ3n) is 6.57. The quantitative estimate of drug-likeness (QED) is 0.269. The molecule has 41 heavy (non-hydrogen) atoms. The molecule has 8 nitrogen and oxygen atoms in total. The van der Waals surface area contributed by atoms with E-state index < -0.39 is 34.9 Å². The molecule has 0 saturated carbocycles. The summed E-state index contributed by atoms with van der Waals surface area (Å²) in [4.78, 5) is 51.5. The molecule has 0 bridgehead atoms. The predicted octanol–water partition coefficient (Wildman–Crippen LogP) is 3.98. The van der Waals surface area contributed by atoms with Crippen molar-refractivity contribution in [2.45, 2.75) is 19.5 Å². The summed E-state index contributed by atoms with van der Waals surface area (Å²) in [6, 6.07) is 17.8. The molecule has 210 valence electrons.